The van der Waals surface area contributed by atoms with Crippen LogP contribution in [0.4, 0.5) is 14.4 Å². The third-order valence-corrected chi connectivity index (χ3v) is 17.7. The molecule has 21 nitrogen and oxygen atoms in total. The second-order valence-electron chi connectivity index (χ2n) is 28.2. The topological polar surface area (TPSA) is 242 Å². The molecule has 0 aliphatic carbocycles. The molecule has 8 aromatic rings. The van der Waals surface area contributed by atoms with E-state index in [0.29, 0.717) is 58.0 Å². The smallest absolute Gasteiger partial charge is 0.444 e. The molecule has 5 aliphatic heterocycles. The maximum atomic E-state index is 12.1. The van der Waals surface area contributed by atoms with Gasteiger partial charge in [0.1, 0.15) is 46.7 Å². The van der Waals surface area contributed by atoms with Crippen LogP contribution in [0.5, 0.6) is 0 Å². The van der Waals surface area contributed by atoms with Gasteiger partial charge in [-0.25, -0.2) is 54.3 Å². The van der Waals surface area contributed by atoms with E-state index >= 15 is 0 Å². The Bertz CT molecular complexity index is 4010. The van der Waals surface area contributed by atoms with Crippen LogP contribution in [0.3, 0.4) is 0 Å². The van der Waals surface area contributed by atoms with E-state index in [1.165, 1.54) is 23.9 Å². The minimum Gasteiger partial charge on any atom is -0.444 e. The average Bonchev–Trinajstić information content (AvgIpc) is 1.70. The average molecular weight is 1560 g/mol. The first-order valence-corrected chi connectivity index (χ1v) is 34.9. The van der Waals surface area contributed by atoms with Crippen molar-refractivity contribution in [2.75, 3.05) is 59.5 Å². The minimum absolute atomic E-state index is 0. The molecule has 102 heavy (non-hydrogen) atoms. The number of piperidine rings is 2. The number of nitrogens with one attached hydrogen (secondary N) is 1. The van der Waals surface area contributed by atoms with Gasteiger partial charge in [-0.2, -0.15) is 0 Å². The van der Waals surface area contributed by atoms with Gasteiger partial charge < -0.3 is 56.1 Å². The number of amides is 3. The molecule has 9 heterocycles. The number of benzene rings is 4. The molecule has 3 amide bonds. The molecule has 3 saturated heterocycles. The summed E-state index contributed by atoms with van der Waals surface area (Å²) in [6.45, 7) is 33.4. The fourth-order valence-corrected chi connectivity index (χ4v) is 11.9. The number of carbonyl (C=O) groups is 3. The number of nitrogens with zero attached hydrogens (tertiary/aromatic N) is 11. The Hall–Kier alpha value is -7.42. The molecular formula is C78H109BBrN12O9Pd-. The molecule has 556 valence electrons. The summed E-state index contributed by atoms with van der Waals surface area (Å²) in [4.78, 5) is 76.0. The molecule has 0 saturated carbocycles. The first-order chi connectivity index (χ1) is 47.5. The number of hydrogen-bond acceptors (Lipinski definition) is 18. The van der Waals surface area contributed by atoms with Crippen LogP contribution >= 0.6 is 15.9 Å². The zero-order valence-electron chi connectivity index (χ0n) is 62.9. The number of fused-ring (bicyclic) bond motifs is 4. The van der Waals surface area contributed by atoms with Crippen LogP contribution in [-0.2, 0) is 43.9 Å². The third kappa shape index (κ3) is 24.9. The summed E-state index contributed by atoms with van der Waals surface area (Å²) in [7, 11) is 0.686. The molecule has 2 N–H and O–H groups in total. The van der Waals surface area contributed by atoms with Gasteiger partial charge in [-0.05, 0) is 193 Å². The van der Waals surface area contributed by atoms with Crippen LogP contribution < -0.4 is 5.32 Å². The van der Waals surface area contributed by atoms with Crippen molar-refractivity contribution in [2.45, 2.75) is 190 Å². The maximum absolute atomic E-state index is 12.1. The molecular weight excluding hydrogens is 1450 g/mol. The summed E-state index contributed by atoms with van der Waals surface area (Å²) in [5.74, 6) is 0.954. The summed E-state index contributed by atoms with van der Waals surface area (Å²) in [6.07, 6.45) is 15.5. The fourth-order valence-electron chi connectivity index (χ4n) is 11.5. The van der Waals surface area contributed by atoms with Gasteiger partial charge >= 0.3 is 25.4 Å². The Morgan fingerprint density at radius 3 is 1.31 bits per heavy atom. The molecule has 0 unspecified atom stereocenters. The van der Waals surface area contributed by atoms with Crippen molar-refractivity contribution in [3.8, 4) is 0 Å². The SMILES string of the molecule is Brc1ncnc2ccccc12.C.CC(C)(C)OC(=O)N1CC=C(B2OC(C)(C)C(C)(C)O2)CC1.CC(C)(C)OC(=O)N1CC=C(c2ncnc3ccccc23)CC1.CC(C)(C)OC(=O)N1CCC(c2ncnc3ccccc23)CC1.CO.[2H]CC.[CH3-].[Pd].c1ccc2c(C3CCNCC3)ncnc2c1. The number of aliphatic hydroxyl groups is 1. The zero-order valence-corrected chi connectivity index (χ0v) is 65.0. The number of aliphatic hydroxyl groups excluding tert-OH is 1. The quantitative estimate of drug-likeness (QED) is 0.0720. The van der Waals surface area contributed by atoms with Crippen molar-refractivity contribution in [3.63, 3.8) is 0 Å². The van der Waals surface area contributed by atoms with Crippen LogP contribution in [0.2, 0.25) is 0 Å². The maximum Gasteiger partial charge on any atom is 0.490 e. The largest absolute Gasteiger partial charge is 0.490 e. The van der Waals surface area contributed by atoms with Crippen LogP contribution in [0.1, 0.15) is 180 Å². The fraction of sp³-hybridized carbons (Fsp3) is 0.487. The van der Waals surface area contributed by atoms with E-state index < -0.39 is 16.8 Å². The summed E-state index contributed by atoms with van der Waals surface area (Å²) >= 11 is 3.35. The molecule has 4 aromatic carbocycles. The van der Waals surface area contributed by atoms with Crippen molar-refractivity contribution in [1.29, 1.82) is 0 Å². The number of ether oxygens (including phenoxy) is 3. The number of carbonyl (C=O) groups excluding carboxylic acids is 3. The first-order valence-electron chi connectivity index (χ1n) is 34.8. The van der Waals surface area contributed by atoms with Gasteiger partial charge in [0, 0.05) is 102 Å². The van der Waals surface area contributed by atoms with E-state index in [2.05, 4.69) is 91.5 Å². The number of para-hydroxylation sites is 4. The van der Waals surface area contributed by atoms with E-state index in [9.17, 15) is 14.4 Å². The molecule has 5 aliphatic rings. The third-order valence-electron chi connectivity index (χ3n) is 17.1. The Labute approximate surface area is 629 Å². The van der Waals surface area contributed by atoms with Gasteiger partial charge in [0.05, 0.1) is 50.4 Å². The Morgan fingerprint density at radius 1 is 0.539 bits per heavy atom. The molecule has 0 bridgehead atoms. The summed E-state index contributed by atoms with van der Waals surface area (Å²) < 4.78 is 35.4. The summed E-state index contributed by atoms with van der Waals surface area (Å²) in [5, 5.41) is 14.8. The number of likely N-dealkylation sites (tertiary alicyclic amines) is 1. The number of aromatic nitrogens is 8. The molecule has 24 heteroatoms. The number of rotatable bonds is 4. The first kappa shape index (κ1) is 85.2. The Kier molecular flexibility index (Phi) is 33.4. The predicted molar refractivity (Wildman–Crippen MR) is 410 cm³/mol. The molecule has 0 radical (unpaired) electrons. The molecule has 4 aromatic heterocycles. The Balaban J connectivity index is 0.000000271. The number of halogens is 1. The second-order valence-corrected chi connectivity index (χ2v) is 28.9. The molecule has 0 atom stereocenters. The monoisotopic (exact) mass is 1550 g/mol. The molecule has 13 rings (SSSR count). The van der Waals surface area contributed by atoms with Crippen molar-refractivity contribution in [2.24, 2.45) is 0 Å². The van der Waals surface area contributed by atoms with Crippen LogP contribution in [0.25, 0.3) is 49.2 Å². The van der Waals surface area contributed by atoms with Crippen LogP contribution in [0.15, 0.2) is 145 Å². The van der Waals surface area contributed by atoms with Crippen molar-refractivity contribution in [3.05, 3.63) is 169 Å². The van der Waals surface area contributed by atoms with E-state index in [-0.39, 0.29) is 71.9 Å². The Morgan fingerprint density at radius 2 is 0.902 bits per heavy atom. The van der Waals surface area contributed by atoms with Gasteiger partial charge in [-0.15, -0.1) is 0 Å². The van der Waals surface area contributed by atoms with Crippen LogP contribution in [0, 0.1) is 7.43 Å². The van der Waals surface area contributed by atoms with E-state index in [4.69, 9.17) is 30.0 Å². The van der Waals surface area contributed by atoms with Crippen molar-refractivity contribution < 1.29 is 64.8 Å². The van der Waals surface area contributed by atoms with Gasteiger partial charge in [0.25, 0.3) is 0 Å². The number of hydrogen-bond donors (Lipinski definition) is 2. The second kappa shape index (κ2) is 40.0. The zero-order chi connectivity index (χ0) is 72.8. The normalized spacial score (nSPS) is 16.6. The van der Waals surface area contributed by atoms with Gasteiger partial charge in [-0.1, -0.05) is 106 Å². The molecule has 0 spiro atoms. The van der Waals surface area contributed by atoms with Gasteiger partial charge in [0.2, 0.25) is 0 Å². The van der Waals surface area contributed by atoms with E-state index in [1.54, 1.807) is 46.9 Å². The summed E-state index contributed by atoms with van der Waals surface area (Å²) in [6, 6.07) is 32.2. The van der Waals surface area contributed by atoms with Crippen molar-refractivity contribution in [1.82, 2.24) is 59.9 Å². The van der Waals surface area contributed by atoms with Gasteiger partial charge in [-0.3, -0.25) is 0 Å². The van der Waals surface area contributed by atoms with Crippen molar-refractivity contribution >= 4 is 90.5 Å². The molecule has 3 fully saturated rings. The predicted octanol–water partition coefficient (Wildman–Crippen LogP) is 16.8. The minimum atomic E-state index is -0.468. The van der Waals surface area contributed by atoms with E-state index in [0.717, 1.165) is 111 Å². The van der Waals surface area contributed by atoms with Gasteiger partial charge in [0.15, 0.2) is 0 Å². The standard InChI is InChI=1S/C18H23N3O2.C18H21N3O2.C16H28BNO4.C13H15N3.C8H5BrN2.C2H6.CH4O.CH4.CH3.Pd/c2*1-18(2,3)23-17(22)21-10-8-13(9-11-21)16-14-6-4-5-7-15(14)19-12-20-16;1-14(2,3)20-13(19)18-10-8-12(9-11-18)17-21-15(4,5)16(6,7)22-17;1-2-4-12-11(3-1)13(16-9-15-12)10-5-7-14-8-6-10;9-8-6-3-1-2-4-7(6)10-5-11-8;2*1-2;;;/h4-7,12-13H,8-11H2,1-3H3;4-8,12H,9-11H2,1-3H3;8H,9-11H2,1-7H3;1-4,9-10,14H,5-8H2;1-5H;1-2H3;2H,1H3;1H4;1H3;/q;;;;;;;;-1;/i;;;;;1D;;;;. The van der Waals surface area contributed by atoms with Crippen LogP contribution in [-0.4, -0.2) is 173 Å². The van der Waals surface area contributed by atoms with E-state index in [1.807, 2.05) is 169 Å². The summed E-state index contributed by atoms with van der Waals surface area (Å²) in [5.41, 5.74) is 7.45.